The summed E-state index contributed by atoms with van der Waals surface area (Å²) in [7, 11) is 0. The number of aromatic nitrogens is 4. The molecule has 1 aliphatic heterocycles. The van der Waals surface area contributed by atoms with Crippen LogP contribution in [0.25, 0.3) is 11.1 Å². The van der Waals surface area contributed by atoms with E-state index in [0.29, 0.717) is 0 Å². The maximum absolute atomic E-state index is 4.42. The Kier molecular flexibility index (Phi) is 3.39. The molecular weight excluding hydrogens is 310 g/mol. The second kappa shape index (κ2) is 5.48. The molecule has 0 bridgehead atoms. The lowest BCUT2D eigenvalue weighted by Crippen LogP contribution is -2.22. The van der Waals surface area contributed by atoms with Crippen molar-refractivity contribution >= 4 is 11.5 Å². The molecule has 4 rings (SSSR count). The number of allylic oxidation sites excluding steroid dienone is 1. The second-order valence-electron chi connectivity index (χ2n) is 6.73. The summed E-state index contributed by atoms with van der Waals surface area (Å²) in [5.74, 6) is 1.59. The van der Waals surface area contributed by atoms with E-state index in [2.05, 4.69) is 63.5 Å². The molecule has 0 saturated heterocycles. The molecule has 25 heavy (non-hydrogen) atoms. The molecule has 0 aliphatic carbocycles. The fourth-order valence-electron chi connectivity index (χ4n) is 3.22. The summed E-state index contributed by atoms with van der Waals surface area (Å²) >= 11 is 0. The van der Waals surface area contributed by atoms with Gasteiger partial charge in [-0.2, -0.15) is 0 Å². The zero-order chi connectivity index (χ0) is 17.6. The van der Waals surface area contributed by atoms with E-state index in [1.165, 1.54) is 5.56 Å². The van der Waals surface area contributed by atoms with Crippen LogP contribution in [0.3, 0.4) is 0 Å². The van der Waals surface area contributed by atoms with Gasteiger partial charge in [-0.05, 0) is 30.2 Å². The predicted octanol–water partition coefficient (Wildman–Crippen LogP) is 4.19. The Labute approximate surface area is 147 Å². The lowest BCUT2D eigenvalue weighted by molar-refractivity contribution is 0.645. The quantitative estimate of drug-likeness (QED) is 0.706. The number of nitrogens with zero attached hydrogens (tertiary/aromatic N) is 5. The molecule has 0 unspecified atom stereocenters. The molecule has 2 aromatic heterocycles. The topological polar surface area (TPSA) is 54.8 Å². The van der Waals surface area contributed by atoms with Crippen LogP contribution in [0, 0.1) is 6.92 Å². The molecule has 0 fully saturated rings. The van der Waals surface area contributed by atoms with Crippen LogP contribution in [0.1, 0.15) is 25.2 Å². The summed E-state index contributed by atoms with van der Waals surface area (Å²) in [5, 5.41) is 0. The summed E-state index contributed by atoms with van der Waals surface area (Å²) < 4.78 is 0. The van der Waals surface area contributed by atoms with Gasteiger partial charge in [-0.25, -0.2) is 19.9 Å². The minimum absolute atomic E-state index is 0.164. The molecule has 1 aromatic carbocycles. The summed E-state index contributed by atoms with van der Waals surface area (Å²) in [4.78, 5) is 19.2. The van der Waals surface area contributed by atoms with Crippen LogP contribution < -0.4 is 4.90 Å². The van der Waals surface area contributed by atoms with Crippen LogP contribution in [0.4, 0.5) is 11.5 Å². The molecule has 0 saturated carbocycles. The molecule has 0 amide bonds. The minimum Gasteiger partial charge on any atom is -0.298 e. The Balaban J connectivity index is 1.88. The van der Waals surface area contributed by atoms with Crippen molar-refractivity contribution < 1.29 is 0 Å². The first-order chi connectivity index (χ1) is 12.0. The van der Waals surface area contributed by atoms with Gasteiger partial charge in [-0.1, -0.05) is 32.6 Å². The maximum atomic E-state index is 4.42. The van der Waals surface area contributed by atoms with Gasteiger partial charge in [0.1, 0.15) is 18.0 Å². The summed E-state index contributed by atoms with van der Waals surface area (Å²) in [6.07, 6.45) is 7.02. The monoisotopic (exact) mass is 329 g/mol. The first kappa shape index (κ1) is 15.4. The van der Waals surface area contributed by atoms with E-state index in [1.807, 2.05) is 25.4 Å². The van der Waals surface area contributed by atoms with Crippen molar-refractivity contribution in [3.63, 3.8) is 0 Å². The third-order valence-corrected chi connectivity index (χ3v) is 4.81. The second-order valence-corrected chi connectivity index (χ2v) is 6.73. The summed E-state index contributed by atoms with van der Waals surface area (Å²) in [5.41, 5.74) is 5.22. The average Bonchev–Trinajstić information content (AvgIpc) is 2.82. The lowest BCUT2D eigenvalue weighted by atomic mass is 9.84. The van der Waals surface area contributed by atoms with E-state index in [-0.39, 0.29) is 5.41 Å². The van der Waals surface area contributed by atoms with Gasteiger partial charge >= 0.3 is 0 Å². The molecular formula is C20H19N5. The van der Waals surface area contributed by atoms with Gasteiger partial charge in [0, 0.05) is 35.3 Å². The van der Waals surface area contributed by atoms with Crippen LogP contribution in [0.5, 0.6) is 0 Å². The molecule has 1 aliphatic rings. The van der Waals surface area contributed by atoms with Crippen molar-refractivity contribution in [3.8, 4) is 11.1 Å². The van der Waals surface area contributed by atoms with E-state index in [0.717, 1.165) is 34.2 Å². The Morgan fingerprint density at radius 1 is 1.00 bits per heavy atom. The zero-order valence-corrected chi connectivity index (χ0v) is 14.6. The highest BCUT2D eigenvalue weighted by molar-refractivity contribution is 5.81. The molecule has 124 valence electrons. The number of benzene rings is 1. The summed E-state index contributed by atoms with van der Waals surface area (Å²) in [6.45, 7) is 10.6. The largest absolute Gasteiger partial charge is 0.298 e. The zero-order valence-electron chi connectivity index (χ0n) is 14.6. The predicted molar refractivity (Wildman–Crippen MR) is 98.5 cm³/mol. The van der Waals surface area contributed by atoms with Crippen LogP contribution in [0.15, 0.2) is 61.5 Å². The van der Waals surface area contributed by atoms with Crippen molar-refractivity contribution in [2.24, 2.45) is 0 Å². The van der Waals surface area contributed by atoms with Gasteiger partial charge in [0.05, 0.1) is 5.69 Å². The van der Waals surface area contributed by atoms with Crippen LogP contribution in [0.2, 0.25) is 0 Å². The number of anilines is 2. The van der Waals surface area contributed by atoms with E-state index < -0.39 is 0 Å². The van der Waals surface area contributed by atoms with E-state index in [4.69, 9.17) is 0 Å². The van der Waals surface area contributed by atoms with Crippen molar-refractivity contribution in [1.29, 1.82) is 0 Å². The van der Waals surface area contributed by atoms with Gasteiger partial charge in [-0.3, -0.25) is 4.90 Å². The van der Waals surface area contributed by atoms with Crippen LogP contribution >= 0.6 is 0 Å². The first-order valence-electron chi connectivity index (χ1n) is 8.17. The highest BCUT2D eigenvalue weighted by Gasteiger charge is 2.40. The Morgan fingerprint density at radius 2 is 1.76 bits per heavy atom. The SMILES string of the molecule is C=C1N(c2ccncn2)c2cc(-c3cnc(C)nc3)ccc2C1(C)C. The summed E-state index contributed by atoms with van der Waals surface area (Å²) in [6, 6.07) is 8.34. The first-order valence-corrected chi connectivity index (χ1v) is 8.17. The number of rotatable bonds is 2. The molecule has 0 spiro atoms. The van der Waals surface area contributed by atoms with Crippen molar-refractivity contribution in [2.75, 3.05) is 4.90 Å². The Morgan fingerprint density at radius 3 is 2.44 bits per heavy atom. The smallest absolute Gasteiger partial charge is 0.140 e. The van der Waals surface area contributed by atoms with Gasteiger partial charge in [0.25, 0.3) is 0 Å². The number of aryl methyl sites for hydroxylation is 1. The van der Waals surface area contributed by atoms with Crippen molar-refractivity contribution in [2.45, 2.75) is 26.2 Å². The average molecular weight is 329 g/mol. The van der Waals surface area contributed by atoms with Gasteiger partial charge in [0.15, 0.2) is 0 Å². The number of hydrogen-bond donors (Lipinski definition) is 0. The molecule has 3 heterocycles. The van der Waals surface area contributed by atoms with E-state index >= 15 is 0 Å². The molecule has 3 aromatic rings. The van der Waals surface area contributed by atoms with Crippen LogP contribution in [-0.4, -0.2) is 19.9 Å². The normalized spacial score (nSPS) is 15.3. The molecule has 0 radical (unpaired) electrons. The fraction of sp³-hybridized carbons (Fsp3) is 0.200. The fourth-order valence-corrected chi connectivity index (χ4v) is 3.22. The molecule has 0 atom stereocenters. The molecule has 5 heteroatoms. The Bertz CT molecular complexity index is 946. The third kappa shape index (κ3) is 2.39. The Hall–Kier alpha value is -3.08. The molecule has 5 nitrogen and oxygen atoms in total. The lowest BCUT2D eigenvalue weighted by Gasteiger charge is -2.24. The highest BCUT2D eigenvalue weighted by Crippen LogP contribution is 2.50. The third-order valence-electron chi connectivity index (χ3n) is 4.81. The highest BCUT2D eigenvalue weighted by atomic mass is 15.2. The van der Waals surface area contributed by atoms with Crippen LogP contribution in [-0.2, 0) is 5.41 Å². The minimum atomic E-state index is -0.164. The molecule has 0 N–H and O–H groups in total. The number of fused-ring (bicyclic) bond motifs is 1. The van der Waals surface area contributed by atoms with Gasteiger partial charge in [0.2, 0.25) is 0 Å². The maximum Gasteiger partial charge on any atom is 0.140 e. The van der Waals surface area contributed by atoms with E-state index in [9.17, 15) is 0 Å². The van der Waals surface area contributed by atoms with Crippen molar-refractivity contribution in [3.05, 3.63) is 72.8 Å². The van der Waals surface area contributed by atoms with Gasteiger partial charge in [-0.15, -0.1) is 0 Å². The van der Waals surface area contributed by atoms with E-state index in [1.54, 1.807) is 12.5 Å². The van der Waals surface area contributed by atoms with Crippen molar-refractivity contribution in [1.82, 2.24) is 19.9 Å². The number of hydrogen-bond acceptors (Lipinski definition) is 5. The van der Waals surface area contributed by atoms with Gasteiger partial charge < -0.3 is 0 Å². The standard InChI is InChI=1S/C20H19N5/c1-13-20(3,4)17-6-5-15(16-10-22-14(2)23-11-16)9-18(17)25(13)19-7-8-21-12-24-19/h5-12H,1H2,2-4H3.